The number of esters is 1. The Kier molecular flexibility index (Phi) is 11.0. The lowest BCUT2D eigenvalue weighted by molar-refractivity contribution is -0.162. The number of allylic oxidation sites excluding steroid dienone is 1. The van der Waals surface area contributed by atoms with E-state index in [1.807, 2.05) is 67.6 Å². The van der Waals surface area contributed by atoms with Crippen molar-refractivity contribution < 1.29 is 38.5 Å². The fraction of sp³-hybridized carbons (Fsp3) is 0.381. The Balaban J connectivity index is 1.37. The molecule has 12 heteroatoms. The summed E-state index contributed by atoms with van der Waals surface area (Å²) in [5.74, 6) is -4.25. The van der Waals surface area contributed by atoms with E-state index in [1.165, 1.54) is 16.9 Å². The van der Waals surface area contributed by atoms with Crippen LogP contribution in [0.15, 0.2) is 103 Å². The number of hydrogen-bond acceptors (Lipinski definition) is 8. The largest absolute Gasteiger partial charge is 0.455 e. The first kappa shape index (κ1) is 37.5. The van der Waals surface area contributed by atoms with Crippen LogP contribution in [-0.4, -0.2) is 90.4 Å². The summed E-state index contributed by atoms with van der Waals surface area (Å²) < 4.78 is 18.5. The maximum atomic E-state index is 15.4. The number of carbonyl (C=O) groups is 4. The van der Waals surface area contributed by atoms with Crippen LogP contribution in [0.4, 0.5) is 5.69 Å². The van der Waals surface area contributed by atoms with E-state index in [2.05, 4.69) is 5.32 Å². The summed E-state index contributed by atoms with van der Waals surface area (Å²) >= 11 is 6.81. The third-order valence-corrected chi connectivity index (χ3v) is 11.2. The van der Waals surface area contributed by atoms with Gasteiger partial charge >= 0.3 is 5.97 Å². The Bertz CT molecular complexity index is 1920. The van der Waals surface area contributed by atoms with E-state index in [4.69, 9.17) is 25.8 Å². The lowest BCUT2D eigenvalue weighted by Crippen LogP contribution is -2.59. The molecule has 3 aromatic carbocycles. The third-order valence-electron chi connectivity index (χ3n) is 10.9. The average molecular weight is 754 g/mol. The minimum atomic E-state index is -1.56. The van der Waals surface area contributed by atoms with Gasteiger partial charge in [-0.15, -0.1) is 0 Å². The molecule has 0 aromatic heterocycles. The summed E-state index contributed by atoms with van der Waals surface area (Å²) in [4.78, 5) is 61.3. The maximum absolute atomic E-state index is 15.4. The normalized spacial score (nSPS) is 29.6. The van der Waals surface area contributed by atoms with Gasteiger partial charge in [0.15, 0.2) is 0 Å². The number of cyclic esters (lactones) is 1. The molecule has 5 bridgehead atoms. The molecule has 54 heavy (non-hydrogen) atoms. The van der Waals surface area contributed by atoms with Crippen molar-refractivity contribution in [2.45, 2.75) is 62.1 Å². The number of rotatable bonds is 8. The fourth-order valence-electron chi connectivity index (χ4n) is 8.50. The van der Waals surface area contributed by atoms with Gasteiger partial charge < -0.3 is 34.4 Å². The van der Waals surface area contributed by atoms with Gasteiger partial charge in [-0.05, 0) is 42.5 Å². The molecule has 1 spiro atoms. The third kappa shape index (κ3) is 6.86. The van der Waals surface area contributed by atoms with Crippen LogP contribution in [0.2, 0.25) is 5.02 Å². The molecule has 7 rings (SSSR count). The Hall–Kier alpha value is -4.81. The second-order valence-corrected chi connectivity index (χ2v) is 14.6. The molecule has 2 N–H and O–H groups in total. The van der Waals surface area contributed by atoms with Gasteiger partial charge in [-0.25, -0.2) is 0 Å². The SMILES string of the molecule is COC[C@H]1NC(=O)CC/C=C\CN(c2c(C)cccc2Cl)C(=O)[C@@H]2N([C@@H](CO)Cc3ccccc3)C(=O)[C@H]3[C@H](C(=O)O[C@@H]1c1ccccc1)[C@@H]1C=C[C@]23O1. The molecular formula is C42H44ClN3O8. The summed E-state index contributed by atoms with van der Waals surface area (Å²) in [6, 6.07) is 20.9. The molecule has 4 heterocycles. The topological polar surface area (TPSA) is 135 Å². The van der Waals surface area contributed by atoms with Gasteiger partial charge in [0, 0.05) is 20.1 Å². The van der Waals surface area contributed by atoms with Gasteiger partial charge in [-0.1, -0.05) is 109 Å². The standard InChI is InChI=1S/C42H44ClN3O8/c1-26-13-12-18-30(43)36(26)45-22-11-5-10-19-33(48)44-31(25-52-2)37(28-16-8-4-9-17-28)53-41(51)34-32-20-21-42(54-32)35(34)39(49)46(38(42)40(45)50)29(24-47)23-27-14-6-3-7-15-27/h3-9,11-18,20-21,29,31-32,34-35,37-38,47H,10,19,22-25H2,1-2H3,(H,44,48)/b11-5-/t29-,31-,32+,34-,35-,37-,38+,42-/m1/s1. The minimum Gasteiger partial charge on any atom is -0.455 e. The zero-order chi connectivity index (χ0) is 38.0. The van der Waals surface area contributed by atoms with Crippen molar-refractivity contribution in [2.75, 3.05) is 31.8 Å². The van der Waals surface area contributed by atoms with Crippen molar-refractivity contribution in [3.8, 4) is 0 Å². The molecule has 2 saturated heterocycles. The number of benzene rings is 3. The number of aliphatic hydroxyl groups excluding tert-OH is 1. The molecule has 8 atom stereocenters. The van der Waals surface area contributed by atoms with Crippen molar-refractivity contribution >= 4 is 41.0 Å². The van der Waals surface area contributed by atoms with Crippen molar-refractivity contribution in [3.63, 3.8) is 0 Å². The molecule has 0 radical (unpaired) electrons. The van der Waals surface area contributed by atoms with Gasteiger partial charge in [0.2, 0.25) is 11.8 Å². The zero-order valence-electron chi connectivity index (χ0n) is 30.2. The molecule has 282 valence electrons. The quantitative estimate of drug-likeness (QED) is 0.254. The van der Waals surface area contributed by atoms with Crippen LogP contribution in [0.3, 0.4) is 0 Å². The van der Waals surface area contributed by atoms with Crippen LogP contribution in [0.25, 0.3) is 0 Å². The molecule has 0 unspecified atom stereocenters. The smallest absolute Gasteiger partial charge is 0.313 e. The predicted octanol–water partition coefficient (Wildman–Crippen LogP) is 4.50. The molecule has 3 aromatic rings. The number of nitrogens with zero attached hydrogens (tertiary/aromatic N) is 2. The first-order chi connectivity index (χ1) is 26.2. The highest BCUT2D eigenvalue weighted by molar-refractivity contribution is 6.34. The number of hydrogen-bond donors (Lipinski definition) is 2. The van der Waals surface area contributed by atoms with Gasteiger partial charge in [0.1, 0.15) is 23.7 Å². The summed E-state index contributed by atoms with van der Waals surface area (Å²) in [5.41, 5.74) is 1.12. The van der Waals surface area contributed by atoms with Crippen LogP contribution < -0.4 is 10.2 Å². The van der Waals surface area contributed by atoms with Crippen LogP contribution in [-0.2, 0) is 39.8 Å². The second-order valence-electron chi connectivity index (χ2n) is 14.2. The molecule has 3 amide bonds. The van der Waals surface area contributed by atoms with E-state index in [9.17, 15) is 14.7 Å². The summed E-state index contributed by atoms with van der Waals surface area (Å²) in [6.45, 7) is 1.50. The lowest BCUT2D eigenvalue weighted by Gasteiger charge is -2.39. The minimum absolute atomic E-state index is 0.0411. The Morgan fingerprint density at radius 2 is 1.72 bits per heavy atom. The fourth-order valence-corrected chi connectivity index (χ4v) is 8.82. The highest BCUT2D eigenvalue weighted by atomic mass is 35.5. The van der Waals surface area contributed by atoms with Crippen LogP contribution in [0.5, 0.6) is 0 Å². The first-order valence-corrected chi connectivity index (χ1v) is 18.7. The number of aliphatic hydroxyl groups is 1. The van der Waals surface area contributed by atoms with Crippen LogP contribution >= 0.6 is 11.6 Å². The summed E-state index contributed by atoms with van der Waals surface area (Å²) in [7, 11) is 1.50. The average Bonchev–Trinajstić information content (AvgIpc) is 3.82. The number of methoxy groups -OCH3 is 1. The molecule has 0 saturated carbocycles. The molecular weight excluding hydrogens is 710 g/mol. The number of fused-ring (bicyclic) bond motifs is 2. The Morgan fingerprint density at radius 3 is 2.43 bits per heavy atom. The number of anilines is 1. The lowest BCUT2D eigenvalue weighted by atomic mass is 9.74. The van der Waals surface area contributed by atoms with Crippen molar-refractivity contribution in [2.24, 2.45) is 11.8 Å². The van der Waals surface area contributed by atoms with Crippen molar-refractivity contribution in [1.29, 1.82) is 0 Å². The van der Waals surface area contributed by atoms with Gasteiger partial charge in [0.25, 0.3) is 5.91 Å². The van der Waals surface area contributed by atoms with E-state index in [-0.39, 0.29) is 31.9 Å². The van der Waals surface area contributed by atoms with Gasteiger partial charge in [-0.2, -0.15) is 0 Å². The van der Waals surface area contributed by atoms with Crippen molar-refractivity contribution in [3.05, 3.63) is 125 Å². The maximum Gasteiger partial charge on any atom is 0.313 e. The predicted molar refractivity (Wildman–Crippen MR) is 201 cm³/mol. The first-order valence-electron chi connectivity index (χ1n) is 18.3. The number of carbonyl (C=O) groups excluding carboxylic acids is 4. The zero-order valence-corrected chi connectivity index (χ0v) is 30.9. The molecule has 0 aliphatic carbocycles. The number of aryl methyl sites for hydroxylation is 1. The number of ether oxygens (including phenoxy) is 3. The Morgan fingerprint density at radius 1 is 0.981 bits per heavy atom. The number of halogens is 1. The second kappa shape index (κ2) is 15.9. The highest BCUT2D eigenvalue weighted by Crippen LogP contribution is 2.56. The van der Waals surface area contributed by atoms with Gasteiger partial charge in [0.05, 0.1) is 48.0 Å². The number of likely N-dealkylation sites (tertiary alicyclic amines) is 1. The summed E-state index contributed by atoms with van der Waals surface area (Å²) in [6.07, 6.45) is 5.95. The molecule has 2 fully saturated rings. The number of amides is 3. The molecule has 4 aliphatic rings. The molecule has 11 nitrogen and oxygen atoms in total. The molecule has 4 aliphatic heterocycles. The van der Waals surface area contributed by atoms with E-state index in [0.717, 1.165) is 11.1 Å². The van der Waals surface area contributed by atoms with Gasteiger partial charge in [-0.3, -0.25) is 19.2 Å². The summed E-state index contributed by atoms with van der Waals surface area (Å²) in [5, 5.41) is 14.3. The van der Waals surface area contributed by atoms with Crippen molar-refractivity contribution in [1.82, 2.24) is 10.2 Å². The van der Waals surface area contributed by atoms with E-state index in [1.54, 1.807) is 42.5 Å². The van der Waals surface area contributed by atoms with E-state index >= 15 is 9.59 Å². The number of nitrogens with one attached hydrogen (secondary N) is 1. The Labute approximate surface area is 319 Å². The van der Waals surface area contributed by atoms with Crippen LogP contribution in [0.1, 0.15) is 35.6 Å². The van der Waals surface area contributed by atoms with E-state index < -0.39 is 72.2 Å². The van der Waals surface area contributed by atoms with Crippen LogP contribution in [0, 0.1) is 18.8 Å². The highest BCUT2D eigenvalue weighted by Gasteiger charge is 2.74. The number of para-hydroxylation sites is 1. The monoisotopic (exact) mass is 753 g/mol. The van der Waals surface area contributed by atoms with E-state index in [0.29, 0.717) is 22.7 Å².